The van der Waals surface area contributed by atoms with Crippen LogP contribution in [-0.4, -0.2) is 39.6 Å². The number of hydrogen-bond acceptors (Lipinski definition) is 6. The number of aromatic hydroxyl groups is 1. The third-order valence-corrected chi connectivity index (χ3v) is 3.84. The molecule has 0 unspecified atom stereocenters. The van der Waals surface area contributed by atoms with Gasteiger partial charge in [0, 0.05) is 5.56 Å². The summed E-state index contributed by atoms with van der Waals surface area (Å²) < 4.78 is 27.0. The molecule has 0 amide bonds. The van der Waals surface area contributed by atoms with E-state index in [1.807, 2.05) is 44.2 Å². The first-order valence-electron chi connectivity index (χ1n) is 8.49. The van der Waals surface area contributed by atoms with E-state index in [4.69, 9.17) is 23.7 Å². The van der Waals surface area contributed by atoms with E-state index >= 15 is 0 Å². The molecule has 6 heteroatoms. The van der Waals surface area contributed by atoms with Gasteiger partial charge in [-0.2, -0.15) is 0 Å². The molecule has 0 aliphatic heterocycles. The molecule has 0 saturated heterocycles. The third kappa shape index (κ3) is 4.58. The van der Waals surface area contributed by atoms with Crippen molar-refractivity contribution in [2.24, 2.45) is 0 Å². The Morgan fingerprint density at radius 1 is 0.778 bits per heavy atom. The molecular formula is C21H26O6. The molecule has 0 saturated carbocycles. The van der Waals surface area contributed by atoms with Gasteiger partial charge in [0.1, 0.15) is 0 Å². The zero-order valence-corrected chi connectivity index (χ0v) is 16.5. The monoisotopic (exact) mass is 374 g/mol. The number of methoxy groups -OCH3 is 4. The summed E-state index contributed by atoms with van der Waals surface area (Å²) in [6.07, 6.45) is 3.62. The van der Waals surface area contributed by atoms with E-state index in [0.717, 1.165) is 11.1 Å². The third-order valence-electron chi connectivity index (χ3n) is 3.84. The van der Waals surface area contributed by atoms with Crippen molar-refractivity contribution in [2.75, 3.05) is 28.4 Å². The molecule has 0 spiro atoms. The van der Waals surface area contributed by atoms with Crippen molar-refractivity contribution in [1.82, 2.24) is 0 Å². The highest BCUT2D eigenvalue weighted by atomic mass is 16.5. The molecule has 146 valence electrons. The number of phenols is 1. The van der Waals surface area contributed by atoms with E-state index in [9.17, 15) is 5.11 Å². The predicted molar refractivity (Wildman–Crippen MR) is 105 cm³/mol. The Labute approximate surface area is 159 Å². The minimum atomic E-state index is -0.101. The second-order valence-corrected chi connectivity index (χ2v) is 5.99. The van der Waals surface area contributed by atoms with Crippen LogP contribution >= 0.6 is 0 Å². The lowest BCUT2D eigenvalue weighted by atomic mass is 10.1. The maximum Gasteiger partial charge on any atom is 0.203 e. The minimum absolute atomic E-state index is 0.0294. The Morgan fingerprint density at radius 2 is 1.37 bits per heavy atom. The van der Waals surface area contributed by atoms with Crippen molar-refractivity contribution >= 4 is 12.2 Å². The highest BCUT2D eigenvalue weighted by Gasteiger charge is 2.15. The van der Waals surface area contributed by atoms with Crippen LogP contribution in [-0.2, 0) is 0 Å². The first-order valence-corrected chi connectivity index (χ1v) is 8.49. The fraction of sp³-hybridized carbons (Fsp3) is 0.333. The average molecular weight is 374 g/mol. The summed E-state index contributed by atoms with van der Waals surface area (Å²) in [6, 6.07) is 7.19. The van der Waals surface area contributed by atoms with Crippen LogP contribution in [0.4, 0.5) is 0 Å². The first-order chi connectivity index (χ1) is 12.9. The van der Waals surface area contributed by atoms with Crippen molar-refractivity contribution in [3.05, 3.63) is 35.4 Å². The number of benzene rings is 2. The Balaban J connectivity index is 2.47. The molecule has 0 radical (unpaired) electrons. The van der Waals surface area contributed by atoms with Gasteiger partial charge in [-0.1, -0.05) is 12.2 Å². The van der Waals surface area contributed by atoms with Crippen molar-refractivity contribution in [3.63, 3.8) is 0 Å². The molecule has 0 heterocycles. The Bertz CT molecular complexity index is 786. The largest absolute Gasteiger partial charge is 0.502 e. The Morgan fingerprint density at radius 3 is 1.85 bits per heavy atom. The van der Waals surface area contributed by atoms with Gasteiger partial charge in [-0.05, 0) is 43.7 Å². The maximum atomic E-state index is 10.4. The average Bonchev–Trinajstić information content (AvgIpc) is 2.67. The summed E-state index contributed by atoms with van der Waals surface area (Å²) in [5, 5.41) is 10.4. The second-order valence-electron chi connectivity index (χ2n) is 5.99. The maximum absolute atomic E-state index is 10.4. The number of hydrogen-bond donors (Lipinski definition) is 1. The van der Waals surface area contributed by atoms with Crippen molar-refractivity contribution < 1.29 is 28.8 Å². The van der Waals surface area contributed by atoms with E-state index in [2.05, 4.69) is 0 Å². The van der Waals surface area contributed by atoms with E-state index in [1.54, 1.807) is 27.4 Å². The van der Waals surface area contributed by atoms with Gasteiger partial charge in [-0.3, -0.25) is 0 Å². The van der Waals surface area contributed by atoms with Crippen LogP contribution in [0.25, 0.3) is 12.2 Å². The van der Waals surface area contributed by atoms with Crippen LogP contribution < -0.4 is 23.7 Å². The fourth-order valence-corrected chi connectivity index (χ4v) is 2.61. The van der Waals surface area contributed by atoms with Gasteiger partial charge in [0.25, 0.3) is 0 Å². The lowest BCUT2D eigenvalue weighted by molar-refractivity contribution is 0.228. The van der Waals surface area contributed by atoms with E-state index in [0.29, 0.717) is 28.7 Å². The highest BCUT2D eigenvalue weighted by molar-refractivity contribution is 5.77. The highest BCUT2D eigenvalue weighted by Crippen LogP contribution is 2.41. The first kappa shape index (κ1) is 20.3. The van der Waals surface area contributed by atoms with Crippen molar-refractivity contribution in [1.29, 1.82) is 0 Å². The zero-order valence-electron chi connectivity index (χ0n) is 16.5. The van der Waals surface area contributed by atoms with Gasteiger partial charge < -0.3 is 28.8 Å². The van der Waals surface area contributed by atoms with Crippen LogP contribution in [0.5, 0.6) is 34.5 Å². The van der Waals surface area contributed by atoms with Gasteiger partial charge >= 0.3 is 0 Å². The van der Waals surface area contributed by atoms with Crippen LogP contribution in [0.15, 0.2) is 24.3 Å². The molecule has 27 heavy (non-hydrogen) atoms. The molecule has 0 bridgehead atoms. The van der Waals surface area contributed by atoms with Gasteiger partial charge in [0.15, 0.2) is 23.0 Å². The van der Waals surface area contributed by atoms with Crippen molar-refractivity contribution in [2.45, 2.75) is 20.0 Å². The molecule has 2 aromatic carbocycles. The number of rotatable bonds is 8. The molecule has 2 rings (SSSR count). The van der Waals surface area contributed by atoms with Gasteiger partial charge in [0.2, 0.25) is 11.5 Å². The minimum Gasteiger partial charge on any atom is -0.502 e. The van der Waals surface area contributed by atoms with Gasteiger partial charge in [-0.15, -0.1) is 0 Å². The van der Waals surface area contributed by atoms with Crippen LogP contribution in [0.1, 0.15) is 25.0 Å². The predicted octanol–water partition coefficient (Wildman–Crippen LogP) is 4.38. The van der Waals surface area contributed by atoms with Crippen LogP contribution in [0, 0.1) is 0 Å². The smallest absolute Gasteiger partial charge is 0.203 e. The molecule has 0 aliphatic carbocycles. The van der Waals surface area contributed by atoms with Crippen molar-refractivity contribution in [3.8, 4) is 34.5 Å². The summed E-state index contributed by atoms with van der Waals surface area (Å²) in [4.78, 5) is 0. The molecule has 0 atom stereocenters. The Kier molecular flexibility index (Phi) is 6.82. The van der Waals surface area contributed by atoms with Crippen LogP contribution in [0.2, 0.25) is 0 Å². The van der Waals surface area contributed by atoms with Crippen LogP contribution in [0.3, 0.4) is 0 Å². The normalized spacial score (nSPS) is 10.9. The van der Waals surface area contributed by atoms with Gasteiger partial charge in [-0.25, -0.2) is 0 Å². The topological polar surface area (TPSA) is 66.4 Å². The number of phenolic OH excluding ortho intramolecular Hbond substituents is 1. The molecule has 1 N–H and O–H groups in total. The molecule has 6 nitrogen and oxygen atoms in total. The van der Waals surface area contributed by atoms with E-state index in [1.165, 1.54) is 7.11 Å². The summed E-state index contributed by atoms with van der Waals surface area (Å²) in [5.41, 5.74) is 1.56. The number of ether oxygens (including phenoxy) is 5. The molecule has 0 aromatic heterocycles. The van der Waals surface area contributed by atoms with E-state index < -0.39 is 0 Å². The molecule has 2 aromatic rings. The summed E-state index contributed by atoms with van der Waals surface area (Å²) in [7, 11) is 6.20. The standard InChI is InChI=1S/C21H26O6/c1-13(2)27-20-15(9-10-16(23-3)19(20)22)8-7-14-11-17(24-4)21(26-6)18(12-14)25-5/h7-13,22H,1-6H3/b8-7-. The fourth-order valence-electron chi connectivity index (χ4n) is 2.61. The molecular weight excluding hydrogens is 348 g/mol. The molecule has 0 fully saturated rings. The summed E-state index contributed by atoms with van der Waals surface area (Å²) in [5.74, 6) is 2.35. The second kappa shape index (κ2) is 9.07. The van der Waals surface area contributed by atoms with Gasteiger partial charge in [0.05, 0.1) is 34.5 Å². The quantitative estimate of drug-likeness (QED) is 0.692. The Hall–Kier alpha value is -3.02. The SMILES string of the molecule is COc1ccc(/C=C\c2cc(OC)c(OC)c(OC)c2)c(OC(C)C)c1O. The summed E-state index contributed by atoms with van der Waals surface area (Å²) >= 11 is 0. The lowest BCUT2D eigenvalue weighted by Crippen LogP contribution is -2.07. The lowest BCUT2D eigenvalue weighted by Gasteiger charge is -2.16. The molecule has 0 aliphatic rings. The van der Waals surface area contributed by atoms with E-state index in [-0.39, 0.29) is 11.9 Å². The zero-order chi connectivity index (χ0) is 20.0. The summed E-state index contributed by atoms with van der Waals surface area (Å²) in [6.45, 7) is 3.79.